The van der Waals surface area contributed by atoms with Crippen LogP contribution < -0.4 is 0 Å². The van der Waals surface area contributed by atoms with Gasteiger partial charge in [0.05, 0.1) is 26.4 Å². The lowest BCUT2D eigenvalue weighted by Gasteiger charge is -2.21. The minimum Gasteiger partial charge on any atom is -0.462 e. The molecule has 19 heteroatoms. The summed E-state index contributed by atoms with van der Waals surface area (Å²) in [6.45, 7) is 14.1. The van der Waals surface area contributed by atoms with Crippen molar-refractivity contribution in [3.8, 4) is 0 Å². The molecule has 0 spiro atoms. The number of aliphatic hydroxyl groups excluding tert-OH is 1. The monoisotopic (exact) mass is 1320 g/mol. The lowest BCUT2D eigenvalue weighted by Crippen LogP contribution is -2.30. The largest absolute Gasteiger partial charge is 0.472 e. The summed E-state index contributed by atoms with van der Waals surface area (Å²) < 4.78 is 68.3. The van der Waals surface area contributed by atoms with Crippen LogP contribution in [-0.4, -0.2) is 96.7 Å². The highest BCUT2D eigenvalue weighted by Gasteiger charge is 2.30. The van der Waals surface area contributed by atoms with E-state index < -0.39 is 97.5 Å². The van der Waals surface area contributed by atoms with Gasteiger partial charge in [0.1, 0.15) is 19.3 Å². The highest BCUT2D eigenvalue weighted by atomic mass is 31.2. The number of rotatable bonds is 68. The average Bonchev–Trinajstić information content (AvgIpc) is 2.85. The van der Waals surface area contributed by atoms with Gasteiger partial charge in [0.15, 0.2) is 12.2 Å². The van der Waals surface area contributed by atoms with Crippen molar-refractivity contribution in [1.29, 1.82) is 0 Å². The number of carbonyl (C=O) groups excluding carboxylic acids is 4. The number of ether oxygens (including phenoxy) is 4. The van der Waals surface area contributed by atoms with Crippen molar-refractivity contribution < 1.29 is 80.2 Å². The van der Waals surface area contributed by atoms with E-state index >= 15 is 0 Å². The molecule has 2 unspecified atom stereocenters. The molecule has 0 rings (SSSR count). The topological polar surface area (TPSA) is 237 Å². The third kappa shape index (κ3) is 64.8. The highest BCUT2D eigenvalue weighted by molar-refractivity contribution is 7.47. The van der Waals surface area contributed by atoms with Crippen molar-refractivity contribution in [2.45, 2.75) is 369 Å². The first-order valence-corrected chi connectivity index (χ1v) is 39.7. The Balaban J connectivity index is 5.24. The first kappa shape index (κ1) is 88.1. The Morgan fingerprint density at radius 3 is 0.689 bits per heavy atom. The van der Waals surface area contributed by atoms with Gasteiger partial charge in [0.25, 0.3) is 0 Å². The van der Waals surface area contributed by atoms with Crippen LogP contribution in [0.15, 0.2) is 0 Å². The van der Waals surface area contributed by atoms with E-state index in [1.807, 2.05) is 0 Å². The van der Waals surface area contributed by atoms with E-state index in [4.69, 9.17) is 37.0 Å². The second-order valence-corrected chi connectivity index (χ2v) is 30.4. The third-order valence-corrected chi connectivity index (χ3v) is 18.2. The Bertz CT molecular complexity index is 1780. The van der Waals surface area contributed by atoms with Crippen LogP contribution >= 0.6 is 15.6 Å². The van der Waals surface area contributed by atoms with Crippen LogP contribution in [0.25, 0.3) is 0 Å². The quantitative estimate of drug-likeness (QED) is 0.0222. The summed E-state index contributed by atoms with van der Waals surface area (Å²) in [4.78, 5) is 72.5. The second kappa shape index (κ2) is 60.7. The highest BCUT2D eigenvalue weighted by Crippen LogP contribution is 2.45. The van der Waals surface area contributed by atoms with Gasteiger partial charge < -0.3 is 33.8 Å². The molecule has 17 nitrogen and oxygen atoms in total. The van der Waals surface area contributed by atoms with Crippen molar-refractivity contribution >= 4 is 39.5 Å². The lowest BCUT2D eigenvalue weighted by molar-refractivity contribution is -0.161. The molecule has 0 fully saturated rings. The number of aliphatic hydroxyl groups is 1. The molecule has 5 atom stereocenters. The molecule has 534 valence electrons. The fourth-order valence-corrected chi connectivity index (χ4v) is 12.2. The van der Waals surface area contributed by atoms with Crippen LogP contribution in [0.4, 0.5) is 0 Å². The van der Waals surface area contributed by atoms with E-state index in [1.54, 1.807) is 0 Å². The zero-order valence-electron chi connectivity index (χ0n) is 58.8. The second-order valence-electron chi connectivity index (χ2n) is 27.5. The Kier molecular flexibility index (Phi) is 59.4. The summed E-state index contributed by atoms with van der Waals surface area (Å²) in [6.07, 6.45) is 43.2. The number of phosphoric acid groups is 2. The summed E-state index contributed by atoms with van der Waals surface area (Å²) in [6, 6.07) is 0. The van der Waals surface area contributed by atoms with E-state index in [9.17, 15) is 43.2 Å². The molecule has 0 aliphatic rings. The SMILES string of the molecule is CC(C)CCCCCCCCCCCCCCC(=O)O[C@H](COC(=O)CCCCCCCCCCC(C)C)COP(=O)(O)OC[C@@H](O)COP(=O)(O)OC[C@@H](COC(=O)CCCCCCCCC(C)C)OC(=O)CCCCCCCCCCCCCCC(C)C. The predicted octanol–water partition coefficient (Wildman–Crippen LogP) is 20.1. The van der Waals surface area contributed by atoms with Gasteiger partial charge in [0.2, 0.25) is 0 Å². The van der Waals surface area contributed by atoms with Gasteiger partial charge in [-0.1, -0.05) is 299 Å². The molecule has 0 saturated carbocycles. The van der Waals surface area contributed by atoms with Gasteiger partial charge in [-0.25, -0.2) is 9.13 Å². The third-order valence-electron chi connectivity index (χ3n) is 16.3. The van der Waals surface area contributed by atoms with Crippen molar-refractivity contribution in [3.05, 3.63) is 0 Å². The molecule has 0 aliphatic carbocycles. The van der Waals surface area contributed by atoms with E-state index in [1.165, 1.54) is 148 Å². The molecular formula is C71H138O17P2. The van der Waals surface area contributed by atoms with Crippen LogP contribution in [0.5, 0.6) is 0 Å². The summed E-state index contributed by atoms with van der Waals surface area (Å²) in [7, 11) is -9.90. The number of hydrogen-bond acceptors (Lipinski definition) is 15. The maximum atomic E-state index is 13.0. The maximum Gasteiger partial charge on any atom is 0.472 e. The molecule has 0 aromatic rings. The number of esters is 4. The Hall–Kier alpha value is -1.94. The zero-order valence-corrected chi connectivity index (χ0v) is 60.6. The van der Waals surface area contributed by atoms with Crippen LogP contribution in [0.1, 0.15) is 351 Å². The van der Waals surface area contributed by atoms with Gasteiger partial charge in [-0.2, -0.15) is 0 Å². The molecule has 3 N–H and O–H groups in total. The molecule has 0 amide bonds. The van der Waals surface area contributed by atoms with Crippen LogP contribution in [0.2, 0.25) is 0 Å². The molecule has 0 aromatic carbocycles. The van der Waals surface area contributed by atoms with Crippen molar-refractivity contribution in [3.63, 3.8) is 0 Å². The predicted molar refractivity (Wildman–Crippen MR) is 363 cm³/mol. The fraction of sp³-hybridized carbons (Fsp3) is 0.944. The van der Waals surface area contributed by atoms with Gasteiger partial charge in [-0.05, 0) is 49.4 Å². The van der Waals surface area contributed by atoms with Crippen molar-refractivity contribution in [1.82, 2.24) is 0 Å². The standard InChI is InChI=1S/C71H138O17P2/c1-61(2)47-39-31-23-17-13-9-11-15-19-27-37-45-53-70(75)87-66(57-81-68(73)51-43-35-26-22-21-25-33-41-49-63(5)6)59-85-89(77,78)83-55-65(72)56-84-90(79,80)86-60-67(58-82-69(74)52-44-36-30-29-34-42-50-64(7)8)88-71(76)54-46-38-28-20-16-12-10-14-18-24-32-40-48-62(3)4/h61-67,72H,9-60H2,1-8H3,(H,77,78)(H,79,80)/t65-,66-,67-/m1/s1. The Labute approximate surface area is 549 Å². The molecular weight excluding hydrogens is 1190 g/mol. The van der Waals surface area contributed by atoms with Gasteiger partial charge in [-0.3, -0.25) is 37.3 Å². The van der Waals surface area contributed by atoms with Crippen LogP contribution in [-0.2, 0) is 65.4 Å². The molecule has 0 heterocycles. The molecule has 0 aliphatic heterocycles. The lowest BCUT2D eigenvalue weighted by atomic mass is 10.0. The summed E-state index contributed by atoms with van der Waals surface area (Å²) in [5, 5.41) is 10.6. The molecule has 0 radical (unpaired) electrons. The van der Waals surface area contributed by atoms with E-state index in [2.05, 4.69) is 55.4 Å². The average molecular weight is 1330 g/mol. The van der Waals surface area contributed by atoms with Crippen LogP contribution in [0, 0.1) is 23.7 Å². The Morgan fingerprint density at radius 1 is 0.278 bits per heavy atom. The minimum atomic E-state index is -4.95. The number of carbonyl (C=O) groups is 4. The minimum absolute atomic E-state index is 0.105. The van der Waals surface area contributed by atoms with Gasteiger partial charge >= 0.3 is 39.5 Å². The molecule has 0 saturated heterocycles. The van der Waals surface area contributed by atoms with Crippen LogP contribution in [0.3, 0.4) is 0 Å². The first-order chi connectivity index (χ1) is 43.1. The number of hydrogen-bond donors (Lipinski definition) is 3. The smallest absolute Gasteiger partial charge is 0.462 e. The summed E-state index contributed by atoms with van der Waals surface area (Å²) in [5.74, 6) is 0.829. The summed E-state index contributed by atoms with van der Waals surface area (Å²) in [5.41, 5.74) is 0. The van der Waals surface area contributed by atoms with E-state index in [0.717, 1.165) is 114 Å². The van der Waals surface area contributed by atoms with Gasteiger partial charge in [-0.15, -0.1) is 0 Å². The number of unbranched alkanes of at least 4 members (excludes halogenated alkanes) is 34. The molecule has 90 heavy (non-hydrogen) atoms. The molecule has 0 bridgehead atoms. The summed E-state index contributed by atoms with van der Waals surface area (Å²) >= 11 is 0. The first-order valence-electron chi connectivity index (χ1n) is 36.7. The maximum absolute atomic E-state index is 13.0. The van der Waals surface area contributed by atoms with E-state index in [0.29, 0.717) is 31.6 Å². The van der Waals surface area contributed by atoms with E-state index in [-0.39, 0.29) is 25.7 Å². The Morgan fingerprint density at radius 2 is 0.467 bits per heavy atom. The fourth-order valence-electron chi connectivity index (χ4n) is 10.7. The number of phosphoric ester groups is 2. The normalized spacial score (nSPS) is 14.3. The van der Waals surface area contributed by atoms with Crippen molar-refractivity contribution in [2.75, 3.05) is 39.6 Å². The van der Waals surface area contributed by atoms with Gasteiger partial charge in [0, 0.05) is 25.7 Å². The van der Waals surface area contributed by atoms with Crippen molar-refractivity contribution in [2.24, 2.45) is 23.7 Å². The zero-order chi connectivity index (χ0) is 66.8. The molecule has 0 aromatic heterocycles.